The molecule has 0 unspecified atom stereocenters. The molecule has 7 heteroatoms. The second-order valence-electron chi connectivity index (χ2n) is 5.59. The van der Waals surface area contributed by atoms with Crippen LogP contribution in [0.5, 0.6) is 0 Å². The number of amides is 2. The van der Waals surface area contributed by atoms with Crippen LogP contribution in [0.1, 0.15) is 32.7 Å². The molecular weight excluding hydrogens is 356 g/mol. The summed E-state index contributed by atoms with van der Waals surface area (Å²) >= 11 is 3.90. The minimum atomic E-state index is -0.253. The van der Waals surface area contributed by atoms with Crippen LogP contribution in [0.15, 0.2) is 47.1 Å². The third kappa shape index (κ3) is 5.31. The van der Waals surface area contributed by atoms with Gasteiger partial charge in [-0.05, 0) is 47.8 Å². The van der Waals surface area contributed by atoms with E-state index in [1.165, 1.54) is 23.5 Å². The van der Waals surface area contributed by atoms with Gasteiger partial charge in [-0.15, -0.1) is 23.5 Å². The van der Waals surface area contributed by atoms with Gasteiger partial charge in [0.1, 0.15) is 5.76 Å². The summed E-state index contributed by atoms with van der Waals surface area (Å²) in [6.07, 6.45) is 2.81. The van der Waals surface area contributed by atoms with Crippen molar-refractivity contribution in [2.24, 2.45) is 0 Å². The standard InChI is InChI=1S/C18H20N2O3S2/c21-16(19-11-15-3-1-8-23-15)12-20-17(22)13-4-6-14(7-5-13)18-24-9-2-10-25-18/h1,3-8,18H,2,9-12H2,(H,19,21)(H,20,22). The number of benzene rings is 1. The van der Waals surface area contributed by atoms with E-state index in [0.717, 1.165) is 0 Å². The molecule has 1 saturated heterocycles. The van der Waals surface area contributed by atoms with E-state index in [0.29, 0.717) is 22.5 Å². The Hall–Kier alpha value is -1.86. The Morgan fingerprint density at radius 2 is 1.84 bits per heavy atom. The molecule has 0 atom stereocenters. The van der Waals surface area contributed by atoms with Crippen LogP contribution in [0.2, 0.25) is 0 Å². The Bertz CT molecular complexity index is 696. The maximum atomic E-state index is 12.1. The van der Waals surface area contributed by atoms with E-state index in [9.17, 15) is 9.59 Å². The molecule has 0 spiro atoms. The number of nitrogens with one attached hydrogen (secondary N) is 2. The zero-order valence-corrected chi connectivity index (χ0v) is 15.3. The molecule has 1 aromatic carbocycles. The number of rotatable bonds is 6. The molecule has 2 amide bonds. The highest BCUT2D eigenvalue weighted by atomic mass is 32.2. The summed E-state index contributed by atoms with van der Waals surface area (Å²) in [5, 5.41) is 5.33. The Labute approximate surface area is 155 Å². The van der Waals surface area contributed by atoms with Crippen LogP contribution in [0.3, 0.4) is 0 Å². The fourth-order valence-electron chi connectivity index (χ4n) is 2.40. The summed E-state index contributed by atoms with van der Waals surface area (Å²) in [5.74, 6) is 2.55. The van der Waals surface area contributed by atoms with Crippen molar-refractivity contribution in [1.82, 2.24) is 10.6 Å². The summed E-state index contributed by atoms with van der Waals surface area (Å²) in [4.78, 5) is 23.9. The van der Waals surface area contributed by atoms with Crippen molar-refractivity contribution in [1.29, 1.82) is 0 Å². The number of thioether (sulfide) groups is 2. The molecule has 0 bridgehead atoms. The Balaban J connectivity index is 1.45. The maximum Gasteiger partial charge on any atom is 0.251 e. The fraction of sp³-hybridized carbons (Fsp3) is 0.333. The molecular formula is C18H20N2O3S2. The molecule has 1 fully saturated rings. The second kappa shape index (κ2) is 9.01. The topological polar surface area (TPSA) is 71.3 Å². The van der Waals surface area contributed by atoms with Crippen molar-refractivity contribution in [2.45, 2.75) is 17.5 Å². The number of hydrogen-bond donors (Lipinski definition) is 2. The lowest BCUT2D eigenvalue weighted by atomic mass is 10.1. The normalized spacial score (nSPS) is 14.9. The summed E-state index contributed by atoms with van der Waals surface area (Å²) in [6, 6.07) is 11.2. The first-order valence-electron chi connectivity index (χ1n) is 8.13. The average molecular weight is 377 g/mol. The van der Waals surface area contributed by atoms with Gasteiger partial charge in [0.05, 0.1) is 23.9 Å². The lowest BCUT2D eigenvalue weighted by molar-refractivity contribution is -0.120. The maximum absolute atomic E-state index is 12.1. The fourth-order valence-corrected chi connectivity index (χ4v) is 5.29. The SMILES string of the molecule is O=C(CNC(=O)c1ccc(C2SCCCS2)cc1)NCc1ccco1. The van der Waals surface area contributed by atoms with Gasteiger partial charge in [0.15, 0.2) is 0 Å². The summed E-state index contributed by atoms with van der Waals surface area (Å²) in [6.45, 7) is 0.253. The van der Waals surface area contributed by atoms with E-state index in [1.807, 2.05) is 47.8 Å². The van der Waals surface area contributed by atoms with Crippen molar-refractivity contribution in [2.75, 3.05) is 18.1 Å². The lowest BCUT2D eigenvalue weighted by Gasteiger charge is -2.21. The molecule has 1 aromatic heterocycles. The van der Waals surface area contributed by atoms with Crippen LogP contribution >= 0.6 is 23.5 Å². The molecule has 5 nitrogen and oxygen atoms in total. The Morgan fingerprint density at radius 1 is 1.08 bits per heavy atom. The minimum Gasteiger partial charge on any atom is -0.467 e. The highest BCUT2D eigenvalue weighted by Crippen LogP contribution is 2.43. The first-order valence-corrected chi connectivity index (χ1v) is 10.2. The van der Waals surface area contributed by atoms with E-state index < -0.39 is 0 Å². The zero-order chi connectivity index (χ0) is 17.5. The third-order valence-corrected chi connectivity index (χ3v) is 6.74. The predicted octanol–water partition coefficient (Wildman–Crippen LogP) is 3.19. The zero-order valence-electron chi connectivity index (χ0n) is 13.7. The van der Waals surface area contributed by atoms with Crippen LogP contribution in [0.4, 0.5) is 0 Å². The Morgan fingerprint density at radius 3 is 2.52 bits per heavy atom. The van der Waals surface area contributed by atoms with Crippen LogP contribution < -0.4 is 10.6 Å². The smallest absolute Gasteiger partial charge is 0.251 e. The molecule has 0 aliphatic carbocycles. The number of furan rings is 1. The van der Waals surface area contributed by atoms with Gasteiger partial charge in [-0.25, -0.2) is 0 Å². The van der Waals surface area contributed by atoms with E-state index in [2.05, 4.69) is 10.6 Å². The number of hydrogen-bond acceptors (Lipinski definition) is 5. The van der Waals surface area contributed by atoms with E-state index in [4.69, 9.17) is 4.42 Å². The highest BCUT2D eigenvalue weighted by molar-refractivity contribution is 8.16. The van der Waals surface area contributed by atoms with E-state index in [-0.39, 0.29) is 18.4 Å². The van der Waals surface area contributed by atoms with Crippen molar-refractivity contribution in [3.63, 3.8) is 0 Å². The Kier molecular flexibility index (Phi) is 6.47. The highest BCUT2D eigenvalue weighted by Gasteiger charge is 2.17. The van der Waals surface area contributed by atoms with Crippen LogP contribution in [0.25, 0.3) is 0 Å². The molecule has 25 heavy (non-hydrogen) atoms. The molecule has 2 heterocycles. The molecule has 0 saturated carbocycles. The minimum absolute atomic E-state index is 0.0599. The first-order chi connectivity index (χ1) is 12.2. The average Bonchev–Trinajstić information content (AvgIpc) is 3.19. The molecule has 1 aliphatic heterocycles. The van der Waals surface area contributed by atoms with E-state index >= 15 is 0 Å². The van der Waals surface area contributed by atoms with Crippen molar-refractivity contribution < 1.29 is 14.0 Å². The lowest BCUT2D eigenvalue weighted by Crippen LogP contribution is -2.36. The quantitative estimate of drug-likeness (QED) is 0.810. The van der Waals surface area contributed by atoms with Gasteiger partial charge in [-0.3, -0.25) is 9.59 Å². The van der Waals surface area contributed by atoms with Crippen LogP contribution in [-0.4, -0.2) is 29.9 Å². The molecule has 132 valence electrons. The summed E-state index contributed by atoms with van der Waals surface area (Å²) in [7, 11) is 0. The summed E-state index contributed by atoms with van der Waals surface area (Å²) < 4.78 is 5.59. The third-order valence-electron chi connectivity index (χ3n) is 3.72. The summed E-state index contributed by atoms with van der Waals surface area (Å²) in [5.41, 5.74) is 1.80. The second-order valence-corrected chi connectivity index (χ2v) is 8.31. The van der Waals surface area contributed by atoms with Crippen molar-refractivity contribution >= 4 is 35.3 Å². The largest absolute Gasteiger partial charge is 0.467 e. The van der Waals surface area contributed by atoms with Crippen LogP contribution in [-0.2, 0) is 11.3 Å². The predicted molar refractivity (Wildman–Crippen MR) is 102 cm³/mol. The molecule has 0 radical (unpaired) electrons. The van der Waals surface area contributed by atoms with Gasteiger partial charge in [-0.2, -0.15) is 0 Å². The van der Waals surface area contributed by atoms with E-state index in [1.54, 1.807) is 18.4 Å². The van der Waals surface area contributed by atoms with Gasteiger partial charge in [0.2, 0.25) is 5.91 Å². The molecule has 1 aliphatic rings. The number of carbonyl (C=O) groups is 2. The van der Waals surface area contributed by atoms with Crippen LogP contribution in [0, 0.1) is 0 Å². The number of carbonyl (C=O) groups excluding carboxylic acids is 2. The van der Waals surface area contributed by atoms with Gasteiger partial charge in [-0.1, -0.05) is 12.1 Å². The van der Waals surface area contributed by atoms with Crippen molar-refractivity contribution in [3.05, 3.63) is 59.5 Å². The van der Waals surface area contributed by atoms with Crippen molar-refractivity contribution in [3.8, 4) is 0 Å². The van der Waals surface area contributed by atoms with Gasteiger partial charge in [0, 0.05) is 5.56 Å². The molecule has 2 aromatic rings. The van der Waals surface area contributed by atoms with Gasteiger partial charge in [0.25, 0.3) is 5.91 Å². The molecule has 2 N–H and O–H groups in total. The first kappa shape index (κ1) is 17.9. The van der Waals surface area contributed by atoms with Gasteiger partial charge < -0.3 is 15.1 Å². The molecule has 3 rings (SSSR count). The van der Waals surface area contributed by atoms with Gasteiger partial charge >= 0.3 is 0 Å². The monoisotopic (exact) mass is 376 g/mol.